The van der Waals surface area contributed by atoms with Gasteiger partial charge in [0.15, 0.2) is 11.3 Å². The SMILES string of the molecule is CC(C)OC(=O)C(C)NP(=O)(OCCSC(=O)C(C)(C)C)OCC1OC(n2ccc(N)nc2=O)C(F)(Cl)C1O. The van der Waals surface area contributed by atoms with Gasteiger partial charge >= 0.3 is 19.4 Å². The van der Waals surface area contributed by atoms with E-state index in [1.807, 2.05) is 0 Å². The number of nitrogens with one attached hydrogen (secondary N) is 1. The summed E-state index contributed by atoms with van der Waals surface area (Å²) < 4.78 is 50.8. The van der Waals surface area contributed by atoms with Crippen molar-refractivity contribution in [2.24, 2.45) is 5.41 Å². The van der Waals surface area contributed by atoms with E-state index in [1.165, 1.54) is 13.0 Å². The topological polar surface area (TPSA) is 181 Å². The molecule has 1 aromatic heterocycles. The minimum atomic E-state index is -4.33. The van der Waals surface area contributed by atoms with Crippen molar-refractivity contribution in [1.82, 2.24) is 14.6 Å². The molecule has 6 unspecified atom stereocenters. The molecule has 1 aromatic rings. The van der Waals surface area contributed by atoms with Crippen LogP contribution in [-0.4, -0.2) is 74.2 Å². The third kappa shape index (κ3) is 9.22. The van der Waals surface area contributed by atoms with Gasteiger partial charge in [-0.15, -0.1) is 0 Å². The molecule has 0 radical (unpaired) electrons. The van der Waals surface area contributed by atoms with Gasteiger partial charge in [-0.05, 0) is 26.8 Å². The molecule has 0 amide bonds. The molecule has 0 bridgehead atoms. The van der Waals surface area contributed by atoms with E-state index in [0.717, 1.165) is 18.0 Å². The predicted molar refractivity (Wildman–Crippen MR) is 143 cm³/mol. The summed E-state index contributed by atoms with van der Waals surface area (Å²) in [5.41, 5.74) is 3.87. The van der Waals surface area contributed by atoms with Crippen LogP contribution in [0.3, 0.4) is 0 Å². The zero-order chi connectivity index (χ0) is 29.8. The normalized spacial score (nSPS) is 25.8. The van der Waals surface area contributed by atoms with E-state index < -0.39 is 67.1 Å². The molecule has 6 atom stereocenters. The Morgan fingerprint density at radius 2 is 2.03 bits per heavy atom. The highest BCUT2D eigenvalue weighted by Gasteiger charge is 2.58. The number of aliphatic hydroxyl groups is 1. The Kier molecular flexibility index (Phi) is 11.5. The second-order valence-corrected chi connectivity index (χ2v) is 13.5. The summed E-state index contributed by atoms with van der Waals surface area (Å²) in [5.74, 6) is -0.751. The van der Waals surface area contributed by atoms with Crippen LogP contribution in [0.4, 0.5) is 10.2 Å². The monoisotopic (exact) mass is 616 g/mol. The summed E-state index contributed by atoms with van der Waals surface area (Å²) in [6.07, 6.45) is -4.73. The average molecular weight is 617 g/mol. The molecular weight excluding hydrogens is 582 g/mol. The van der Waals surface area contributed by atoms with Crippen molar-refractivity contribution in [2.45, 2.75) is 77.3 Å². The summed E-state index contributed by atoms with van der Waals surface area (Å²) in [4.78, 5) is 40.1. The smallest absolute Gasteiger partial charge is 0.406 e. The fraction of sp³-hybridized carbons (Fsp3) is 0.727. The number of alkyl halides is 2. The molecular formula is C22H35ClFN4O9PS. The second-order valence-electron chi connectivity index (χ2n) is 10.0. The molecule has 2 heterocycles. The molecule has 0 aliphatic carbocycles. The molecule has 0 spiro atoms. The Bertz CT molecular complexity index is 1130. The van der Waals surface area contributed by atoms with Gasteiger partial charge in [-0.2, -0.15) is 4.98 Å². The molecule has 13 nitrogen and oxygen atoms in total. The molecule has 4 N–H and O–H groups in total. The van der Waals surface area contributed by atoms with Gasteiger partial charge in [0.2, 0.25) is 0 Å². The van der Waals surface area contributed by atoms with Gasteiger partial charge in [0, 0.05) is 17.4 Å². The minimum absolute atomic E-state index is 0.114. The van der Waals surface area contributed by atoms with Crippen LogP contribution in [0.15, 0.2) is 17.1 Å². The standard InChI is InChI=1S/C22H35ClFN4O9PS/c1-12(2)36-17(30)13(3)27-38(33,34-9-10-39-19(31)21(4,5)6)35-11-14-16(29)22(23,24)18(37-14)28-8-7-15(25)26-20(28)32/h7-8,12-14,16,18,29H,9-11H2,1-6H3,(H,27,33)(H2,25,26,32). The van der Waals surface area contributed by atoms with Gasteiger partial charge in [0.05, 0.1) is 19.3 Å². The molecule has 222 valence electrons. The molecule has 0 aromatic carbocycles. The molecule has 17 heteroatoms. The Hall–Kier alpha value is -1.58. The Morgan fingerprint density at radius 1 is 1.38 bits per heavy atom. The molecule has 1 saturated heterocycles. The quantitative estimate of drug-likeness (QED) is 0.135. The number of halogens is 2. The maximum Gasteiger partial charge on any atom is 0.406 e. The number of aliphatic hydroxyl groups excluding tert-OH is 1. The van der Waals surface area contributed by atoms with E-state index in [-0.39, 0.29) is 23.3 Å². The number of carbonyl (C=O) groups excluding carboxylic acids is 2. The minimum Gasteiger partial charge on any atom is -0.462 e. The average Bonchev–Trinajstić information content (AvgIpc) is 3.03. The molecule has 2 rings (SSSR count). The van der Waals surface area contributed by atoms with Crippen LogP contribution in [-0.2, 0) is 32.7 Å². The first-order valence-electron chi connectivity index (χ1n) is 12.0. The van der Waals surface area contributed by atoms with Crippen LogP contribution in [0.2, 0.25) is 0 Å². The summed E-state index contributed by atoms with van der Waals surface area (Å²) in [6, 6.07) is 0.0527. The zero-order valence-corrected chi connectivity index (χ0v) is 24.9. The van der Waals surface area contributed by atoms with Crippen molar-refractivity contribution < 1.29 is 42.2 Å². The number of hydrogen-bond donors (Lipinski definition) is 3. The molecule has 1 aliphatic rings. The number of esters is 1. The highest BCUT2D eigenvalue weighted by atomic mass is 35.5. The second kappa shape index (κ2) is 13.4. The first-order chi connectivity index (χ1) is 17.9. The van der Waals surface area contributed by atoms with E-state index >= 15 is 4.39 Å². The first-order valence-corrected chi connectivity index (χ1v) is 14.9. The van der Waals surface area contributed by atoms with Crippen LogP contribution in [0.25, 0.3) is 0 Å². The number of anilines is 1. The number of nitrogens with two attached hydrogens (primary N) is 1. The Labute approximate surface area is 234 Å². The Morgan fingerprint density at radius 3 is 2.59 bits per heavy atom. The molecule has 39 heavy (non-hydrogen) atoms. The number of hydrogen-bond acceptors (Lipinski definition) is 12. The fourth-order valence-electron chi connectivity index (χ4n) is 3.13. The number of nitrogens with zero attached hydrogens (tertiary/aromatic N) is 2. The van der Waals surface area contributed by atoms with E-state index in [4.69, 9.17) is 35.9 Å². The lowest BCUT2D eigenvalue weighted by atomic mass is 10.00. The maximum atomic E-state index is 15.3. The van der Waals surface area contributed by atoms with Gasteiger partial charge in [-0.3, -0.25) is 23.2 Å². The van der Waals surface area contributed by atoms with E-state index in [9.17, 15) is 24.1 Å². The maximum absolute atomic E-state index is 15.3. The fourth-order valence-corrected chi connectivity index (χ4v) is 5.81. The molecule has 1 fully saturated rings. The summed E-state index contributed by atoms with van der Waals surface area (Å²) in [5, 5.41) is 9.79. The number of thioether (sulfide) groups is 1. The highest BCUT2D eigenvalue weighted by Crippen LogP contribution is 2.48. The summed E-state index contributed by atoms with van der Waals surface area (Å²) in [7, 11) is -4.33. The number of ether oxygens (including phenoxy) is 2. The van der Waals surface area contributed by atoms with Gasteiger partial charge in [0.25, 0.3) is 5.13 Å². The first kappa shape index (κ1) is 33.6. The summed E-state index contributed by atoms with van der Waals surface area (Å²) >= 11 is 6.85. The van der Waals surface area contributed by atoms with Crippen molar-refractivity contribution in [2.75, 3.05) is 24.7 Å². The molecule has 1 aliphatic heterocycles. The molecule has 0 saturated carbocycles. The number of carbonyl (C=O) groups is 2. The van der Waals surface area contributed by atoms with Crippen LogP contribution in [0.1, 0.15) is 47.8 Å². The van der Waals surface area contributed by atoms with E-state index in [1.54, 1.807) is 34.6 Å². The number of rotatable bonds is 12. The highest BCUT2D eigenvalue weighted by molar-refractivity contribution is 8.13. The van der Waals surface area contributed by atoms with Gasteiger partial charge in [-0.25, -0.2) is 18.8 Å². The lowest BCUT2D eigenvalue weighted by Crippen LogP contribution is -2.41. The summed E-state index contributed by atoms with van der Waals surface area (Å²) in [6.45, 7) is 8.92. The van der Waals surface area contributed by atoms with Gasteiger partial charge in [0.1, 0.15) is 24.1 Å². The van der Waals surface area contributed by atoms with Crippen LogP contribution < -0.4 is 16.5 Å². The lowest BCUT2D eigenvalue weighted by molar-refractivity contribution is -0.149. The van der Waals surface area contributed by atoms with Gasteiger partial charge < -0.3 is 20.3 Å². The predicted octanol–water partition coefficient (Wildman–Crippen LogP) is 2.37. The van der Waals surface area contributed by atoms with Crippen molar-refractivity contribution in [1.29, 1.82) is 0 Å². The van der Waals surface area contributed by atoms with Gasteiger partial charge in [-0.1, -0.05) is 44.1 Å². The van der Waals surface area contributed by atoms with Crippen molar-refractivity contribution in [3.63, 3.8) is 0 Å². The number of aromatic nitrogens is 2. The van der Waals surface area contributed by atoms with Crippen molar-refractivity contribution >= 4 is 48.0 Å². The van der Waals surface area contributed by atoms with Crippen molar-refractivity contribution in [3.8, 4) is 0 Å². The van der Waals surface area contributed by atoms with Crippen LogP contribution >= 0.6 is 31.1 Å². The largest absolute Gasteiger partial charge is 0.462 e. The third-order valence-corrected chi connectivity index (χ3v) is 8.51. The van der Waals surface area contributed by atoms with E-state index in [2.05, 4.69) is 10.1 Å². The Balaban J connectivity index is 2.16. The lowest BCUT2D eigenvalue weighted by Gasteiger charge is -2.25. The third-order valence-electron chi connectivity index (χ3n) is 5.14. The van der Waals surface area contributed by atoms with Crippen LogP contribution in [0, 0.1) is 5.41 Å². The number of nitrogen functional groups attached to an aromatic ring is 1. The van der Waals surface area contributed by atoms with Crippen LogP contribution in [0.5, 0.6) is 0 Å². The van der Waals surface area contributed by atoms with Crippen molar-refractivity contribution in [3.05, 3.63) is 22.7 Å². The zero-order valence-electron chi connectivity index (χ0n) is 22.5. The van der Waals surface area contributed by atoms with E-state index in [0.29, 0.717) is 4.57 Å².